The average molecular weight is 307 g/mol. The molecule has 1 aliphatic heterocycles. The van der Waals surface area contributed by atoms with Gasteiger partial charge in [0.05, 0.1) is 11.9 Å². The maximum Gasteiger partial charge on any atom is 0.228 e. The van der Waals surface area contributed by atoms with Crippen molar-refractivity contribution in [2.75, 3.05) is 18.0 Å². The van der Waals surface area contributed by atoms with Gasteiger partial charge in [0.1, 0.15) is 11.6 Å². The second-order valence-electron chi connectivity index (χ2n) is 5.23. The minimum atomic E-state index is -0.0997. The van der Waals surface area contributed by atoms with Crippen LogP contribution in [0.5, 0.6) is 0 Å². The van der Waals surface area contributed by atoms with Crippen LogP contribution in [0.4, 0.5) is 5.82 Å². The van der Waals surface area contributed by atoms with E-state index in [0.717, 1.165) is 5.69 Å². The van der Waals surface area contributed by atoms with Crippen molar-refractivity contribution in [2.45, 2.75) is 6.42 Å². The summed E-state index contributed by atoms with van der Waals surface area (Å²) in [6.45, 7) is 0.672. The lowest BCUT2D eigenvalue weighted by Gasteiger charge is -2.18. The lowest BCUT2D eigenvalue weighted by atomic mass is 10.1. The van der Waals surface area contributed by atoms with Gasteiger partial charge in [-0.15, -0.1) is 0 Å². The predicted molar refractivity (Wildman–Crippen MR) is 82.8 cm³/mol. The topological polar surface area (TPSA) is 111 Å². The summed E-state index contributed by atoms with van der Waals surface area (Å²) >= 11 is 0. The van der Waals surface area contributed by atoms with Crippen LogP contribution in [-0.2, 0) is 4.79 Å². The van der Waals surface area contributed by atoms with Gasteiger partial charge in [0.15, 0.2) is 5.82 Å². The number of hydrogen-bond acceptors (Lipinski definition) is 4. The summed E-state index contributed by atoms with van der Waals surface area (Å²) in [5.41, 5.74) is 9.53. The molecule has 0 aliphatic carbocycles. The number of carbonyl (C=O) groups is 1. The Morgan fingerprint density at radius 2 is 2.22 bits per heavy atom. The Bertz CT molecular complexity index is 814. The van der Waals surface area contributed by atoms with Crippen molar-refractivity contribution in [3.8, 4) is 11.8 Å². The van der Waals surface area contributed by atoms with E-state index in [1.54, 1.807) is 9.58 Å². The number of nitrogens with zero attached hydrogens (tertiary/aromatic N) is 7. The average Bonchev–Trinajstić information content (AvgIpc) is 3.16. The summed E-state index contributed by atoms with van der Waals surface area (Å²) in [5.74, 6) is 0.313. The van der Waals surface area contributed by atoms with Gasteiger partial charge in [0, 0.05) is 24.4 Å². The molecule has 23 heavy (non-hydrogen) atoms. The van der Waals surface area contributed by atoms with Crippen LogP contribution in [0.3, 0.4) is 0 Å². The summed E-state index contributed by atoms with van der Waals surface area (Å²) in [5, 5.41) is 17.1. The Morgan fingerprint density at radius 1 is 1.43 bits per heavy atom. The Labute approximate surface area is 132 Å². The summed E-state index contributed by atoms with van der Waals surface area (Å²) in [6.07, 6.45) is 1.75. The molecule has 1 saturated heterocycles. The third kappa shape index (κ3) is 2.73. The van der Waals surface area contributed by atoms with Crippen molar-refractivity contribution >= 4 is 11.7 Å². The molecule has 0 N–H and O–H groups in total. The SMILES string of the molecule is N#Cc1cnn(-c2ccccc2)c1N1CC(CN=[N+]=[N-])CC1=O. The minimum absolute atomic E-state index is 0.0518. The molecule has 114 valence electrons. The van der Waals surface area contributed by atoms with Gasteiger partial charge in [-0.1, -0.05) is 23.3 Å². The minimum Gasteiger partial charge on any atom is -0.295 e. The first-order valence-electron chi connectivity index (χ1n) is 7.09. The fraction of sp³-hybridized carbons (Fsp3) is 0.267. The highest BCUT2D eigenvalue weighted by Crippen LogP contribution is 2.30. The van der Waals surface area contributed by atoms with Gasteiger partial charge >= 0.3 is 0 Å². The number of aromatic nitrogens is 2. The van der Waals surface area contributed by atoms with E-state index in [2.05, 4.69) is 21.2 Å². The van der Waals surface area contributed by atoms with Crippen molar-refractivity contribution in [3.63, 3.8) is 0 Å². The zero-order chi connectivity index (χ0) is 16.2. The van der Waals surface area contributed by atoms with Crippen LogP contribution in [0.1, 0.15) is 12.0 Å². The van der Waals surface area contributed by atoms with E-state index in [9.17, 15) is 10.1 Å². The van der Waals surface area contributed by atoms with Crippen molar-refractivity contribution in [1.82, 2.24) is 9.78 Å². The maximum atomic E-state index is 12.3. The Kier molecular flexibility index (Phi) is 3.95. The molecule has 0 radical (unpaired) electrons. The monoisotopic (exact) mass is 307 g/mol. The standard InChI is InChI=1S/C15H13N7O/c16-7-12-9-19-22(13-4-2-1-3-5-13)15(12)21-10-11(6-14(21)23)8-18-20-17/h1-5,9,11H,6,8,10H2. The maximum absolute atomic E-state index is 12.3. The number of para-hydroxylation sites is 1. The number of amides is 1. The van der Waals surface area contributed by atoms with E-state index in [-0.39, 0.29) is 18.4 Å². The van der Waals surface area contributed by atoms with Crippen molar-refractivity contribution in [3.05, 3.63) is 52.5 Å². The van der Waals surface area contributed by atoms with Gasteiger partial charge in [-0.25, -0.2) is 4.68 Å². The summed E-state index contributed by atoms with van der Waals surface area (Å²) in [6, 6.07) is 11.4. The van der Waals surface area contributed by atoms with E-state index in [1.807, 2.05) is 30.3 Å². The first-order chi connectivity index (χ1) is 11.2. The van der Waals surface area contributed by atoms with E-state index in [1.165, 1.54) is 6.20 Å². The zero-order valence-electron chi connectivity index (χ0n) is 12.2. The fourth-order valence-corrected chi connectivity index (χ4v) is 2.70. The molecule has 0 bridgehead atoms. The smallest absolute Gasteiger partial charge is 0.228 e. The van der Waals surface area contributed by atoms with Gasteiger partial charge in [-0.05, 0) is 23.6 Å². The van der Waals surface area contributed by atoms with Gasteiger partial charge in [0.2, 0.25) is 5.91 Å². The Morgan fingerprint density at radius 3 is 2.91 bits per heavy atom. The van der Waals surface area contributed by atoms with E-state index in [4.69, 9.17) is 5.53 Å². The molecule has 1 aromatic carbocycles. The first kappa shape index (κ1) is 14.6. The Balaban J connectivity index is 1.99. The molecule has 1 aromatic heterocycles. The van der Waals surface area contributed by atoms with Crippen LogP contribution in [0.15, 0.2) is 41.6 Å². The number of rotatable bonds is 4. The molecule has 1 amide bonds. The molecule has 1 aliphatic rings. The highest BCUT2D eigenvalue weighted by Gasteiger charge is 2.34. The second-order valence-corrected chi connectivity index (χ2v) is 5.23. The molecule has 2 aromatic rings. The number of anilines is 1. The van der Waals surface area contributed by atoms with Crippen LogP contribution in [-0.4, -0.2) is 28.8 Å². The lowest BCUT2D eigenvalue weighted by molar-refractivity contribution is -0.117. The molecular weight excluding hydrogens is 294 g/mol. The van der Waals surface area contributed by atoms with Crippen LogP contribution in [0, 0.1) is 17.2 Å². The highest BCUT2D eigenvalue weighted by atomic mass is 16.2. The molecule has 0 spiro atoms. The van der Waals surface area contributed by atoms with Crippen LogP contribution >= 0.6 is 0 Å². The molecular formula is C15H13N7O. The normalized spacial score (nSPS) is 16.9. The third-order valence-electron chi connectivity index (χ3n) is 3.73. The van der Waals surface area contributed by atoms with Gasteiger partial charge < -0.3 is 0 Å². The number of benzene rings is 1. The third-order valence-corrected chi connectivity index (χ3v) is 3.73. The zero-order valence-corrected chi connectivity index (χ0v) is 12.2. The number of hydrogen-bond donors (Lipinski definition) is 0. The van der Waals surface area contributed by atoms with Gasteiger partial charge in [0.25, 0.3) is 0 Å². The van der Waals surface area contributed by atoms with Crippen molar-refractivity contribution in [2.24, 2.45) is 11.0 Å². The molecule has 3 rings (SSSR count). The molecule has 8 heteroatoms. The van der Waals surface area contributed by atoms with Crippen LogP contribution in [0.2, 0.25) is 0 Å². The molecule has 2 heterocycles. The number of nitriles is 1. The number of azide groups is 1. The molecule has 8 nitrogen and oxygen atoms in total. The summed E-state index contributed by atoms with van der Waals surface area (Å²) in [7, 11) is 0. The number of carbonyl (C=O) groups excluding carboxylic acids is 1. The molecule has 1 fully saturated rings. The van der Waals surface area contributed by atoms with Crippen molar-refractivity contribution in [1.29, 1.82) is 5.26 Å². The quantitative estimate of drug-likeness (QED) is 0.491. The fourth-order valence-electron chi connectivity index (χ4n) is 2.70. The second kappa shape index (κ2) is 6.22. The largest absolute Gasteiger partial charge is 0.295 e. The summed E-state index contributed by atoms with van der Waals surface area (Å²) < 4.78 is 1.59. The lowest BCUT2D eigenvalue weighted by Crippen LogP contribution is -2.28. The molecule has 0 saturated carbocycles. The van der Waals surface area contributed by atoms with Crippen molar-refractivity contribution < 1.29 is 4.79 Å². The van der Waals surface area contributed by atoms with Gasteiger partial charge in [-0.2, -0.15) is 10.4 Å². The summed E-state index contributed by atoms with van der Waals surface area (Å²) in [4.78, 5) is 16.6. The predicted octanol–water partition coefficient (Wildman–Crippen LogP) is 2.41. The van der Waals surface area contributed by atoms with Crippen LogP contribution < -0.4 is 4.90 Å². The first-order valence-corrected chi connectivity index (χ1v) is 7.09. The molecule has 1 atom stereocenters. The Hall–Kier alpha value is -3.30. The van der Waals surface area contributed by atoms with E-state index in [0.29, 0.717) is 24.3 Å². The van der Waals surface area contributed by atoms with E-state index >= 15 is 0 Å². The van der Waals surface area contributed by atoms with Crippen LogP contribution in [0.25, 0.3) is 16.1 Å². The van der Waals surface area contributed by atoms with E-state index < -0.39 is 0 Å². The van der Waals surface area contributed by atoms with Gasteiger partial charge in [-0.3, -0.25) is 9.69 Å². The molecule has 1 unspecified atom stereocenters. The highest BCUT2D eigenvalue weighted by molar-refractivity contribution is 5.96.